The molecule has 0 bridgehead atoms. The number of benzene rings is 2. The minimum Gasteiger partial charge on any atom is -0.370 e. The van der Waals surface area contributed by atoms with Crippen LogP contribution in [0.25, 0.3) is 16.5 Å². The molecule has 5 aliphatic rings. The number of carbonyl (C=O) groups excluding carboxylic acids is 4. The van der Waals surface area contributed by atoms with Crippen molar-refractivity contribution < 1.29 is 19.2 Å². The van der Waals surface area contributed by atoms with Gasteiger partial charge in [-0.25, -0.2) is 4.98 Å². The predicted octanol–water partition coefficient (Wildman–Crippen LogP) is 6.52. The summed E-state index contributed by atoms with van der Waals surface area (Å²) in [6, 6.07) is 13.9. The molecule has 62 heavy (non-hydrogen) atoms. The van der Waals surface area contributed by atoms with Gasteiger partial charge in [0.1, 0.15) is 11.7 Å². The van der Waals surface area contributed by atoms with Crippen LogP contribution >= 0.6 is 0 Å². The van der Waals surface area contributed by atoms with Crippen molar-refractivity contribution in [3.8, 4) is 0 Å². The molecule has 0 aliphatic carbocycles. The van der Waals surface area contributed by atoms with E-state index in [2.05, 4.69) is 91.9 Å². The van der Waals surface area contributed by atoms with Gasteiger partial charge in [-0.1, -0.05) is 32.9 Å². The van der Waals surface area contributed by atoms with Crippen molar-refractivity contribution in [2.24, 2.45) is 5.92 Å². The second-order valence-electron chi connectivity index (χ2n) is 17.9. The molecule has 9 rings (SSSR count). The Morgan fingerprint density at radius 1 is 0.855 bits per heavy atom. The maximum atomic E-state index is 13.2. The number of nitrogens with zero attached hydrogens (tertiary/aromatic N) is 6. The van der Waals surface area contributed by atoms with Gasteiger partial charge in [0.25, 0.3) is 11.8 Å². The number of amides is 4. The van der Waals surface area contributed by atoms with Crippen molar-refractivity contribution >= 4 is 57.2 Å². The molecule has 5 aliphatic heterocycles. The monoisotopic (exact) mass is 842 g/mol. The lowest BCUT2D eigenvalue weighted by molar-refractivity contribution is -0.136. The molecule has 1 atom stereocenters. The highest BCUT2D eigenvalue weighted by Crippen LogP contribution is 2.35. The Morgan fingerprint density at radius 3 is 2.23 bits per heavy atom. The van der Waals surface area contributed by atoms with Crippen LogP contribution in [-0.4, -0.2) is 114 Å². The van der Waals surface area contributed by atoms with E-state index >= 15 is 0 Å². The van der Waals surface area contributed by atoms with E-state index < -0.39 is 6.04 Å². The molecule has 4 amide bonds. The molecule has 2 aromatic heterocycles. The van der Waals surface area contributed by atoms with Gasteiger partial charge in [-0.05, 0) is 105 Å². The lowest BCUT2D eigenvalue weighted by atomic mass is 9.95. The molecule has 13 nitrogen and oxygen atoms in total. The number of fused-ring (bicyclic) bond motifs is 2. The summed E-state index contributed by atoms with van der Waals surface area (Å²) in [4.78, 5) is 70.0. The number of H-pyrrole nitrogens is 1. The van der Waals surface area contributed by atoms with Crippen LogP contribution in [0.5, 0.6) is 0 Å². The summed E-state index contributed by atoms with van der Waals surface area (Å²) in [6.45, 7) is 21.6. The fourth-order valence-electron chi connectivity index (χ4n) is 9.92. The topological polar surface area (TPSA) is 137 Å². The molecule has 0 spiro atoms. The maximum absolute atomic E-state index is 13.2. The minimum atomic E-state index is -0.596. The van der Waals surface area contributed by atoms with Crippen LogP contribution in [0.1, 0.15) is 103 Å². The SMILES string of the molecule is C=C(C)c1c[nH]c2c(N3CCC(NC(=O)c4ccc(N5CCC(CN6CCN(c7ccc8c(c7)CN(C7CCC(=O)NC7=O)C8=O)CC6)CC5)cn4)CC3)ccc(C)c12.CCC. The zero-order valence-corrected chi connectivity index (χ0v) is 37.0. The third-order valence-electron chi connectivity index (χ3n) is 13.4. The molecule has 3 N–H and O–H groups in total. The standard InChI is InChI=1S/C46H55N9O4.C3H8/c1-29(2)37-26-48-43-39(9-4-30(3)42(37)43)54-18-14-33(15-19-54)49-44(57)38-8-6-35(25-47-38)52-16-12-31(13-17-52)27-51-20-22-53(23-21-51)34-5-7-36-32(24-34)28-55(46(36)59)40-10-11-41(56)50-45(40)58;1-3-2/h4-9,24-26,31,33,40,48H,1,10-23,27-28H2,2-3H3,(H,49,57)(H,50,56,58);3H2,1-2H3. The molecule has 0 radical (unpaired) electrons. The van der Waals surface area contributed by atoms with Gasteiger partial charge in [0, 0.05) is 106 Å². The fourth-order valence-corrected chi connectivity index (χ4v) is 9.92. The third-order valence-corrected chi connectivity index (χ3v) is 13.4. The second-order valence-corrected chi connectivity index (χ2v) is 17.9. The van der Waals surface area contributed by atoms with Crippen LogP contribution in [0, 0.1) is 12.8 Å². The average Bonchev–Trinajstić information content (AvgIpc) is 3.87. The van der Waals surface area contributed by atoms with Crippen molar-refractivity contribution in [3.63, 3.8) is 0 Å². The number of anilines is 3. The number of piperazine rings is 1. The molecule has 1 unspecified atom stereocenters. The summed E-state index contributed by atoms with van der Waals surface area (Å²) in [5.74, 6) is -0.254. The van der Waals surface area contributed by atoms with Crippen molar-refractivity contribution in [3.05, 3.63) is 89.4 Å². The highest BCUT2D eigenvalue weighted by Gasteiger charge is 2.39. The molecular formula is C49H63N9O4. The number of aromatic amines is 1. The number of imide groups is 1. The summed E-state index contributed by atoms with van der Waals surface area (Å²) < 4.78 is 0. The number of carbonyl (C=O) groups is 4. The molecule has 7 heterocycles. The number of hydrogen-bond donors (Lipinski definition) is 3. The molecule has 4 saturated heterocycles. The Hall–Kier alpha value is -5.69. The molecule has 0 saturated carbocycles. The summed E-state index contributed by atoms with van der Waals surface area (Å²) in [7, 11) is 0. The van der Waals surface area contributed by atoms with Gasteiger partial charge >= 0.3 is 0 Å². The Balaban J connectivity index is 0.00000171. The van der Waals surface area contributed by atoms with Crippen molar-refractivity contribution in [2.75, 3.05) is 73.6 Å². The summed E-state index contributed by atoms with van der Waals surface area (Å²) >= 11 is 0. The molecule has 328 valence electrons. The van der Waals surface area contributed by atoms with Crippen molar-refractivity contribution in [1.29, 1.82) is 0 Å². The van der Waals surface area contributed by atoms with Crippen molar-refractivity contribution in [2.45, 2.75) is 91.3 Å². The molecular weight excluding hydrogens is 779 g/mol. The van der Waals surface area contributed by atoms with E-state index in [9.17, 15) is 19.2 Å². The number of nitrogens with one attached hydrogen (secondary N) is 3. The molecule has 2 aromatic carbocycles. The Bertz CT molecular complexity index is 2300. The first kappa shape index (κ1) is 43.0. The minimum absolute atomic E-state index is 0.107. The van der Waals surface area contributed by atoms with Gasteiger partial charge in [-0.2, -0.15) is 0 Å². The fraction of sp³-hybridized carbons (Fsp3) is 0.490. The van der Waals surface area contributed by atoms with Gasteiger partial charge < -0.3 is 29.9 Å². The summed E-state index contributed by atoms with van der Waals surface area (Å²) in [6.07, 6.45) is 9.80. The van der Waals surface area contributed by atoms with E-state index in [1.165, 1.54) is 28.6 Å². The average molecular weight is 842 g/mol. The number of pyridine rings is 1. The highest BCUT2D eigenvalue weighted by molar-refractivity contribution is 6.05. The zero-order chi connectivity index (χ0) is 43.5. The van der Waals surface area contributed by atoms with E-state index in [1.807, 2.05) is 37.4 Å². The van der Waals surface area contributed by atoms with Crippen molar-refractivity contribution in [1.82, 2.24) is 30.4 Å². The second kappa shape index (κ2) is 18.7. The Morgan fingerprint density at radius 2 is 1.55 bits per heavy atom. The van der Waals surface area contributed by atoms with E-state index in [0.29, 0.717) is 30.1 Å². The number of aryl methyl sites for hydroxylation is 1. The first-order valence-electron chi connectivity index (χ1n) is 22.8. The lowest BCUT2D eigenvalue weighted by Gasteiger charge is -2.40. The smallest absolute Gasteiger partial charge is 0.270 e. The van der Waals surface area contributed by atoms with Gasteiger partial charge in [-0.15, -0.1) is 0 Å². The number of hydrogen-bond acceptors (Lipinski definition) is 9. The Labute approximate surface area is 365 Å². The largest absolute Gasteiger partial charge is 0.370 e. The molecule has 4 fully saturated rings. The van der Waals surface area contributed by atoms with Crippen LogP contribution in [0.15, 0.2) is 61.4 Å². The van der Waals surface area contributed by atoms with Crippen LogP contribution in [-0.2, 0) is 16.1 Å². The highest BCUT2D eigenvalue weighted by atomic mass is 16.2. The molecule has 13 heteroatoms. The normalized spacial score (nSPS) is 20.3. The van der Waals surface area contributed by atoms with Crippen LogP contribution < -0.4 is 25.3 Å². The summed E-state index contributed by atoms with van der Waals surface area (Å²) in [5, 5.41) is 6.88. The van der Waals surface area contributed by atoms with E-state index in [0.717, 1.165) is 113 Å². The number of rotatable bonds is 9. The van der Waals surface area contributed by atoms with Gasteiger partial charge in [-0.3, -0.25) is 29.4 Å². The third kappa shape index (κ3) is 9.09. The molecule has 4 aromatic rings. The van der Waals surface area contributed by atoms with Gasteiger partial charge in [0.15, 0.2) is 0 Å². The first-order chi connectivity index (χ1) is 30.0. The van der Waals surface area contributed by atoms with Gasteiger partial charge in [0.05, 0.1) is 23.1 Å². The predicted molar refractivity (Wildman–Crippen MR) is 247 cm³/mol. The van der Waals surface area contributed by atoms with Crippen LogP contribution in [0.2, 0.25) is 0 Å². The van der Waals surface area contributed by atoms with Gasteiger partial charge in [0.2, 0.25) is 11.8 Å². The van der Waals surface area contributed by atoms with E-state index in [4.69, 9.17) is 0 Å². The zero-order valence-electron chi connectivity index (χ0n) is 37.0. The van der Waals surface area contributed by atoms with E-state index in [1.54, 1.807) is 4.90 Å². The van der Waals surface area contributed by atoms with Crippen LogP contribution in [0.3, 0.4) is 0 Å². The quantitative estimate of drug-likeness (QED) is 0.161. The Kier molecular flexibility index (Phi) is 13.0. The number of piperidine rings is 3. The first-order valence-corrected chi connectivity index (χ1v) is 22.8. The van der Waals surface area contributed by atoms with Crippen LogP contribution in [0.4, 0.5) is 17.1 Å². The number of aromatic nitrogens is 2. The lowest BCUT2D eigenvalue weighted by Crippen LogP contribution is -2.52. The maximum Gasteiger partial charge on any atom is 0.270 e. The van der Waals surface area contributed by atoms with E-state index in [-0.39, 0.29) is 36.1 Å². The number of allylic oxidation sites excluding steroid dienone is 1. The summed E-state index contributed by atoms with van der Waals surface area (Å²) in [5.41, 5.74) is 10.1.